The summed E-state index contributed by atoms with van der Waals surface area (Å²) in [5.74, 6) is 0.988. The molecule has 1 saturated carbocycles. The summed E-state index contributed by atoms with van der Waals surface area (Å²) in [6.07, 6.45) is 3.92. The number of nitrogens with one attached hydrogen (secondary N) is 2. The predicted octanol–water partition coefficient (Wildman–Crippen LogP) is 2.83. The molecular weight excluding hydrogens is 310 g/mol. The number of hydrogen-bond acceptors (Lipinski definition) is 5. The minimum Gasteiger partial charge on any atom is -0.493 e. The molecule has 1 aromatic heterocycles. The van der Waals surface area contributed by atoms with Gasteiger partial charge in [-0.3, -0.25) is 4.79 Å². The summed E-state index contributed by atoms with van der Waals surface area (Å²) in [5.41, 5.74) is 3.20. The zero-order valence-electron chi connectivity index (χ0n) is 12.8. The molecule has 0 radical (unpaired) electrons. The normalized spacial score (nSPS) is 16.0. The first-order valence-electron chi connectivity index (χ1n) is 8.03. The quantitative estimate of drug-likeness (QED) is 0.855. The molecule has 5 nitrogen and oxygen atoms in total. The number of carbonyl (C=O) groups is 1. The van der Waals surface area contributed by atoms with Crippen LogP contribution in [0, 0.1) is 0 Å². The molecule has 1 aliphatic heterocycles. The van der Waals surface area contributed by atoms with Crippen molar-refractivity contribution in [2.75, 3.05) is 18.5 Å². The number of carbonyl (C=O) groups excluding carboxylic acids is 1. The fourth-order valence-electron chi connectivity index (χ4n) is 2.67. The van der Waals surface area contributed by atoms with Gasteiger partial charge in [-0.15, -0.1) is 11.3 Å². The number of ether oxygens (including phenoxy) is 1. The number of thiazole rings is 1. The number of anilines is 1. The third-order valence-electron chi connectivity index (χ3n) is 4.10. The highest BCUT2D eigenvalue weighted by Crippen LogP contribution is 2.31. The van der Waals surface area contributed by atoms with Crippen LogP contribution in [0.5, 0.6) is 5.75 Å². The number of aromatic nitrogens is 1. The molecule has 2 N–H and O–H groups in total. The van der Waals surface area contributed by atoms with E-state index >= 15 is 0 Å². The number of amides is 1. The molecule has 0 atom stereocenters. The highest BCUT2D eigenvalue weighted by atomic mass is 32.1. The van der Waals surface area contributed by atoms with Gasteiger partial charge in [-0.05, 0) is 36.6 Å². The predicted molar refractivity (Wildman–Crippen MR) is 91.0 cm³/mol. The largest absolute Gasteiger partial charge is 0.493 e. The average Bonchev–Trinajstić information content (AvgIpc) is 3.07. The SMILES string of the molecule is O=C(CCNC1CC1)Nc1nc(-c2ccc3c(c2)CCO3)cs1. The van der Waals surface area contributed by atoms with Crippen molar-refractivity contribution in [3.05, 3.63) is 29.1 Å². The molecule has 2 aliphatic rings. The Bertz CT molecular complexity index is 724. The molecule has 6 heteroatoms. The van der Waals surface area contributed by atoms with Gasteiger partial charge in [-0.2, -0.15) is 0 Å². The van der Waals surface area contributed by atoms with Gasteiger partial charge in [0, 0.05) is 36.4 Å². The first-order valence-corrected chi connectivity index (χ1v) is 8.91. The van der Waals surface area contributed by atoms with E-state index in [1.54, 1.807) is 0 Å². The molecule has 0 bridgehead atoms. The summed E-state index contributed by atoms with van der Waals surface area (Å²) in [6.45, 7) is 1.49. The van der Waals surface area contributed by atoms with Gasteiger partial charge in [0.2, 0.25) is 5.91 Å². The summed E-state index contributed by atoms with van der Waals surface area (Å²) >= 11 is 1.46. The van der Waals surface area contributed by atoms with E-state index in [0.717, 1.165) is 36.6 Å². The van der Waals surface area contributed by atoms with Gasteiger partial charge in [-0.25, -0.2) is 4.98 Å². The lowest BCUT2D eigenvalue weighted by Crippen LogP contribution is -2.23. The Morgan fingerprint density at radius 2 is 2.30 bits per heavy atom. The van der Waals surface area contributed by atoms with Crippen LogP contribution in [-0.2, 0) is 11.2 Å². The van der Waals surface area contributed by atoms with E-state index < -0.39 is 0 Å². The van der Waals surface area contributed by atoms with E-state index in [-0.39, 0.29) is 5.91 Å². The Morgan fingerprint density at radius 3 is 3.17 bits per heavy atom. The van der Waals surface area contributed by atoms with Crippen LogP contribution in [0.25, 0.3) is 11.3 Å². The van der Waals surface area contributed by atoms with Crippen molar-refractivity contribution in [2.24, 2.45) is 0 Å². The summed E-state index contributed by atoms with van der Waals surface area (Å²) in [6, 6.07) is 6.78. The van der Waals surface area contributed by atoms with E-state index in [2.05, 4.69) is 21.7 Å². The van der Waals surface area contributed by atoms with E-state index in [9.17, 15) is 4.79 Å². The smallest absolute Gasteiger partial charge is 0.227 e. The zero-order chi connectivity index (χ0) is 15.6. The van der Waals surface area contributed by atoms with Crippen LogP contribution in [0.4, 0.5) is 5.13 Å². The van der Waals surface area contributed by atoms with E-state index in [1.165, 1.54) is 29.7 Å². The third kappa shape index (κ3) is 3.54. The van der Waals surface area contributed by atoms with Gasteiger partial charge in [0.25, 0.3) is 0 Å². The number of nitrogens with zero attached hydrogens (tertiary/aromatic N) is 1. The van der Waals surface area contributed by atoms with Crippen molar-refractivity contribution in [2.45, 2.75) is 31.7 Å². The van der Waals surface area contributed by atoms with Crippen molar-refractivity contribution in [1.82, 2.24) is 10.3 Å². The highest BCUT2D eigenvalue weighted by molar-refractivity contribution is 7.14. The fourth-order valence-corrected chi connectivity index (χ4v) is 3.40. The van der Waals surface area contributed by atoms with Crippen molar-refractivity contribution in [3.63, 3.8) is 0 Å². The monoisotopic (exact) mass is 329 g/mol. The Kier molecular flexibility index (Phi) is 4.01. The number of rotatable bonds is 6. The molecule has 0 saturated heterocycles. The lowest BCUT2D eigenvalue weighted by molar-refractivity contribution is -0.116. The lowest BCUT2D eigenvalue weighted by atomic mass is 10.1. The molecule has 0 unspecified atom stereocenters. The van der Waals surface area contributed by atoms with E-state index in [4.69, 9.17) is 4.74 Å². The van der Waals surface area contributed by atoms with Crippen molar-refractivity contribution in [3.8, 4) is 17.0 Å². The lowest BCUT2D eigenvalue weighted by Gasteiger charge is -2.03. The highest BCUT2D eigenvalue weighted by Gasteiger charge is 2.20. The van der Waals surface area contributed by atoms with E-state index in [1.807, 2.05) is 17.5 Å². The van der Waals surface area contributed by atoms with Crippen molar-refractivity contribution in [1.29, 1.82) is 0 Å². The molecule has 0 spiro atoms. The van der Waals surface area contributed by atoms with Crippen LogP contribution in [0.2, 0.25) is 0 Å². The van der Waals surface area contributed by atoms with Gasteiger partial charge >= 0.3 is 0 Å². The first kappa shape index (κ1) is 14.7. The van der Waals surface area contributed by atoms with Crippen molar-refractivity contribution >= 4 is 22.4 Å². The summed E-state index contributed by atoms with van der Waals surface area (Å²) < 4.78 is 5.53. The van der Waals surface area contributed by atoms with Crippen LogP contribution >= 0.6 is 11.3 Å². The summed E-state index contributed by atoms with van der Waals surface area (Å²) in [4.78, 5) is 16.4. The minimum atomic E-state index is 0.0152. The molecule has 1 fully saturated rings. The zero-order valence-corrected chi connectivity index (χ0v) is 13.6. The molecule has 1 aliphatic carbocycles. The van der Waals surface area contributed by atoms with Crippen LogP contribution in [0.15, 0.2) is 23.6 Å². The summed E-state index contributed by atoms with van der Waals surface area (Å²) in [7, 11) is 0. The van der Waals surface area contributed by atoms with Crippen LogP contribution < -0.4 is 15.4 Å². The Morgan fingerprint density at radius 1 is 1.39 bits per heavy atom. The van der Waals surface area contributed by atoms with E-state index in [0.29, 0.717) is 17.6 Å². The molecule has 23 heavy (non-hydrogen) atoms. The maximum absolute atomic E-state index is 11.9. The van der Waals surface area contributed by atoms with Crippen LogP contribution in [-0.4, -0.2) is 30.1 Å². The Labute approximate surface area is 139 Å². The molecular formula is C17H19N3O2S. The summed E-state index contributed by atoms with van der Waals surface area (Å²) in [5, 5.41) is 8.86. The molecule has 1 aromatic carbocycles. The molecule has 2 aromatic rings. The number of hydrogen-bond donors (Lipinski definition) is 2. The fraction of sp³-hybridized carbons (Fsp3) is 0.412. The molecule has 2 heterocycles. The first-order chi connectivity index (χ1) is 11.3. The maximum atomic E-state index is 11.9. The Balaban J connectivity index is 1.37. The maximum Gasteiger partial charge on any atom is 0.227 e. The van der Waals surface area contributed by atoms with Gasteiger partial charge < -0.3 is 15.4 Å². The van der Waals surface area contributed by atoms with Crippen molar-refractivity contribution < 1.29 is 9.53 Å². The van der Waals surface area contributed by atoms with Gasteiger partial charge in [0.05, 0.1) is 12.3 Å². The standard InChI is InChI=1S/C17H19N3O2S/c21-16(5-7-18-13-2-3-13)20-17-19-14(10-23-17)11-1-4-15-12(9-11)6-8-22-15/h1,4,9-10,13,18H,2-3,5-8H2,(H,19,20,21). The third-order valence-corrected chi connectivity index (χ3v) is 4.86. The minimum absolute atomic E-state index is 0.0152. The van der Waals surface area contributed by atoms with Crippen LogP contribution in [0.3, 0.4) is 0 Å². The molecule has 120 valence electrons. The van der Waals surface area contributed by atoms with Gasteiger partial charge in [-0.1, -0.05) is 0 Å². The molecule has 1 amide bonds. The topological polar surface area (TPSA) is 63.2 Å². The average molecular weight is 329 g/mol. The molecule has 4 rings (SSSR count). The van der Waals surface area contributed by atoms with Gasteiger partial charge in [0.15, 0.2) is 5.13 Å². The second-order valence-electron chi connectivity index (χ2n) is 5.99. The number of fused-ring (bicyclic) bond motifs is 1. The second kappa shape index (κ2) is 6.29. The number of benzene rings is 1. The van der Waals surface area contributed by atoms with Crippen LogP contribution in [0.1, 0.15) is 24.8 Å². The van der Waals surface area contributed by atoms with Gasteiger partial charge in [0.1, 0.15) is 5.75 Å². The second-order valence-corrected chi connectivity index (χ2v) is 6.84. The Hall–Kier alpha value is -1.92.